The second-order valence-corrected chi connectivity index (χ2v) is 11.5. The lowest BCUT2D eigenvalue weighted by molar-refractivity contribution is -0.141. The highest BCUT2D eigenvalue weighted by Crippen LogP contribution is 2.47. The summed E-state index contributed by atoms with van der Waals surface area (Å²) in [7, 11) is 0. The van der Waals surface area contributed by atoms with Crippen molar-refractivity contribution in [2.75, 3.05) is 44.4 Å². The molecule has 0 aliphatic carbocycles. The van der Waals surface area contributed by atoms with Crippen LogP contribution in [0.3, 0.4) is 0 Å². The third-order valence-electron chi connectivity index (χ3n) is 7.95. The fraction of sp³-hybridized carbons (Fsp3) is 0.400. The molecule has 7 nitrogen and oxygen atoms in total. The van der Waals surface area contributed by atoms with E-state index in [1.165, 1.54) is 0 Å². The number of nitrogens with zero attached hydrogens (tertiary/aromatic N) is 3. The van der Waals surface area contributed by atoms with Gasteiger partial charge in [0.25, 0.3) is 5.91 Å². The van der Waals surface area contributed by atoms with Gasteiger partial charge in [-0.25, -0.2) is 0 Å². The Kier molecular flexibility index (Phi) is 6.40. The van der Waals surface area contributed by atoms with Gasteiger partial charge in [0, 0.05) is 65.5 Å². The Labute approximate surface area is 227 Å². The third-order valence-corrected chi connectivity index (χ3v) is 8.62. The van der Waals surface area contributed by atoms with E-state index in [9.17, 15) is 9.90 Å². The molecule has 1 saturated heterocycles. The van der Waals surface area contributed by atoms with E-state index >= 15 is 0 Å². The number of aliphatic imine (C=N–C) groups is 1. The fourth-order valence-corrected chi connectivity index (χ4v) is 6.49. The molecule has 0 radical (unpaired) electrons. The first-order valence-electron chi connectivity index (χ1n) is 13.2. The first kappa shape index (κ1) is 24.9. The number of allylic oxidation sites excluding steroid dienone is 1. The monoisotopic (exact) mass is 531 g/mol. The lowest BCUT2D eigenvalue weighted by Crippen LogP contribution is -2.56. The number of hydrogen-bond donors (Lipinski definition) is 1. The van der Waals surface area contributed by atoms with E-state index in [1.54, 1.807) is 17.4 Å². The molecule has 0 saturated carbocycles. The van der Waals surface area contributed by atoms with Gasteiger partial charge in [0.05, 0.1) is 30.1 Å². The number of hydrogen-bond acceptors (Lipinski definition) is 7. The number of morpholine rings is 1. The SMILES string of the molecule is CCC1CN=CC=C1c1cc2c(cc1O)OCC1=C2N(c2ccsc2)CC=C1C(=O)N1CCOCC1(C)C. The largest absolute Gasteiger partial charge is 0.507 e. The molecule has 1 atom stereocenters. The lowest BCUT2D eigenvalue weighted by Gasteiger charge is -2.44. The second-order valence-electron chi connectivity index (χ2n) is 10.8. The number of rotatable bonds is 4. The van der Waals surface area contributed by atoms with Gasteiger partial charge in [-0.2, -0.15) is 11.3 Å². The summed E-state index contributed by atoms with van der Waals surface area (Å²) in [6.45, 7) is 9.40. The summed E-state index contributed by atoms with van der Waals surface area (Å²) in [5.41, 5.74) is 6.00. The van der Waals surface area contributed by atoms with Crippen molar-refractivity contribution < 1.29 is 19.4 Å². The van der Waals surface area contributed by atoms with Crippen molar-refractivity contribution in [3.63, 3.8) is 0 Å². The summed E-state index contributed by atoms with van der Waals surface area (Å²) in [6, 6.07) is 5.87. The van der Waals surface area contributed by atoms with E-state index in [1.807, 2.05) is 43.2 Å². The Morgan fingerprint density at radius 3 is 2.92 bits per heavy atom. The number of ether oxygens (including phenoxy) is 2. The Hall–Kier alpha value is -3.36. The van der Waals surface area contributed by atoms with Gasteiger partial charge in [-0.3, -0.25) is 9.79 Å². The van der Waals surface area contributed by atoms with E-state index in [2.05, 4.69) is 33.6 Å². The molecule has 1 N–H and O–H groups in total. The number of carbonyl (C=O) groups excluding carboxylic acids is 1. The molecule has 2 aromatic rings. The summed E-state index contributed by atoms with van der Waals surface area (Å²) in [5.74, 6) is 1.08. The van der Waals surface area contributed by atoms with Crippen molar-refractivity contribution in [1.82, 2.24) is 4.90 Å². The quantitative estimate of drug-likeness (QED) is 0.592. The van der Waals surface area contributed by atoms with E-state index in [4.69, 9.17) is 9.47 Å². The van der Waals surface area contributed by atoms with Gasteiger partial charge in [0.15, 0.2) is 0 Å². The number of thiophene rings is 1. The number of dihydropyridines is 1. The van der Waals surface area contributed by atoms with Crippen molar-refractivity contribution in [2.45, 2.75) is 32.7 Å². The Balaban J connectivity index is 1.49. The van der Waals surface area contributed by atoms with Crippen LogP contribution in [-0.4, -0.2) is 67.1 Å². The zero-order chi connectivity index (χ0) is 26.4. The molecule has 1 amide bonds. The summed E-state index contributed by atoms with van der Waals surface area (Å²) in [4.78, 5) is 22.6. The highest BCUT2D eigenvalue weighted by molar-refractivity contribution is 7.08. The molecule has 1 unspecified atom stereocenters. The summed E-state index contributed by atoms with van der Waals surface area (Å²) in [6.07, 6.45) is 6.80. The number of carbonyl (C=O) groups is 1. The first-order chi connectivity index (χ1) is 18.4. The topological polar surface area (TPSA) is 74.6 Å². The Morgan fingerprint density at radius 1 is 1.29 bits per heavy atom. The van der Waals surface area contributed by atoms with Crippen molar-refractivity contribution in [3.8, 4) is 11.5 Å². The van der Waals surface area contributed by atoms with E-state index < -0.39 is 5.54 Å². The highest BCUT2D eigenvalue weighted by atomic mass is 32.1. The van der Waals surface area contributed by atoms with Crippen molar-refractivity contribution in [2.24, 2.45) is 10.9 Å². The molecular weight excluding hydrogens is 498 g/mol. The van der Waals surface area contributed by atoms with Crippen LogP contribution in [0, 0.1) is 5.92 Å². The standard InChI is InChI=1S/C30H33N3O4S/c1-4-19-15-31-8-5-21(19)23-13-24-27(14-26(23)34)37-16-25-22(29(35)33-10-11-36-18-30(33,2)3)6-9-32(28(24)25)20-7-12-38-17-20/h5-8,12-14,17,19,34H,4,9-11,15-16,18H2,1-3H3. The number of phenolic OH excluding ortho intramolecular Hbond substituents is 1. The van der Waals surface area contributed by atoms with Crippen LogP contribution in [0.15, 0.2) is 57.2 Å². The molecule has 38 heavy (non-hydrogen) atoms. The second kappa shape index (κ2) is 9.75. The lowest BCUT2D eigenvalue weighted by atomic mass is 9.85. The maximum absolute atomic E-state index is 14.0. The number of fused-ring (bicyclic) bond motifs is 2. The van der Waals surface area contributed by atoms with Crippen molar-refractivity contribution in [1.29, 1.82) is 0 Å². The molecular formula is C30H33N3O4S. The minimum atomic E-state index is -0.391. The molecule has 0 bridgehead atoms. The first-order valence-corrected chi connectivity index (χ1v) is 14.2. The van der Waals surface area contributed by atoms with E-state index in [0.29, 0.717) is 44.2 Å². The van der Waals surface area contributed by atoms with Gasteiger partial charge >= 0.3 is 0 Å². The van der Waals surface area contributed by atoms with Gasteiger partial charge in [0.2, 0.25) is 0 Å². The minimum Gasteiger partial charge on any atom is -0.507 e. The van der Waals surface area contributed by atoms with Gasteiger partial charge in [-0.05, 0) is 49.4 Å². The van der Waals surface area contributed by atoms with Crippen LogP contribution in [0.2, 0.25) is 0 Å². The molecule has 4 aliphatic rings. The van der Waals surface area contributed by atoms with Gasteiger partial charge < -0.3 is 24.4 Å². The maximum Gasteiger partial charge on any atom is 0.254 e. The summed E-state index contributed by atoms with van der Waals surface area (Å²) in [5, 5.41) is 15.3. The molecule has 0 spiro atoms. The van der Waals surface area contributed by atoms with Crippen molar-refractivity contribution in [3.05, 3.63) is 63.4 Å². The van der Waals surface area contributed by atoms with Crippen LogP contribution < -0.4 is 9.64 Å². The molecule has 5 heterocycles. The van der Waals surface area contributed by atoms with Crippen LogP contribution >= 0.6 is 11.3 Å². The van der Waals surface area contributed by atoms with Crippen LogP contribution in [0.5, 0.6) is 11.5 Å². The summed E-state index contributed by atoms with van der Waals surface area (Å²) >= 11 is 1.65. The van der Waals surface area contributed by atoms with Crippen LogP contribution in [0.4, 0.5) is 5.69 Å². The van der Waals surface area contributed by atoms with Gasteiger partial charge in [0.1, 0.15) is 18.1 Å². The fourth-order valence-electron chi connectivity index (χ4n) is 5.85. The molecule has 6 rings (SSSR count). The minimum absolute atomic E-state index is 0.0130. The zero-order valence-corrected chi connectivity index (χ0v) is 22.9. The molecule has 1 fully saturated rings. The molecule has 198 valence electrons. The van der Waals surface area contributed by atoms with Gasteiger partial charge in [-0.15, -0.1) is 0 Å². The highest BCUT2D eigenvalue weighted by Gasteiger charge is 2.40. The van der Waals surface area contributed by atoms with E-state index in [-0.39, 0.29) is 24.2 Å². The predicted molar refractivity (Wildman–Crippen MR) is 152 cm³/mol. The number of phenols is 1. The Bertz CT molecular complexity index is 1390. The predicted octanol–water partition coefficient (Wildman–Crippen LogP) is 5.14. The van der Waals surface area contributed by atoms with Crippen LogP contribution in [0.25, 0.3) is 11.3 Å². The number of benzene rings is 1. The Morgan fingerprint density at radius 2 is 2.16 bits per heavy atom. The van der Waals surface area contributed by atoms with E-state index in [0.717, 1.165) is 40.1 Å². The van der Waals surface area contributed by atoms with Crippen molar-refractivity contribution >= 4 is 40.4 Å². The molecule has 1 aromatic heterocycles. The van der Waals surface area contributed by atoms with Crippen LogP contribution in [0.1, 0.15) is 38.3 Å². The molecule has 1 aromatic carbocycles. The smallest absolute Gasteiger partial charge is 0.254 e. The van der Waals surface area contributed by atoms with Gasteiger partial charge in [-0.1, -0.05) is 13.0 Å². The average Bonchev–Trinajstić information content (AvgIpc) is 3.46. The summed E-state index contributed by atoms with van der Waals surface area (Å²) < 4.78 is 11.9. The maximum atomic E-state index is 14.0. The number of aromatic hydroxyl groups is 1. The number of amides is 1. The zero-order valence-electron chi connectivity index (χ0n) is 22.1. The van der Waals surface area contributed by atoms with Crippen LogP contribution in [-0.2, 0) is 9.53 Å². The molecule has 4 aliphatic heterocycles. The normalized spacial score (nSPS) is 22.3. The third kappa shape index (κ3) is 4.16. The number of anilines is 1. The molecule has 8 heteroatoms. The average molecular weight is 532 g/mol.